The zero-order valence-corrected chi connectivity index (χ0v) is 14.3. The van der Waals surface area contributed by atoms with E-state index in [1.54, 1.807) is 17.4 Å². The summed E-state index contributed by atoms with van der Waals surface area (Å²) in [6.45, 7) is 3.88. The molecular formula is C19H14ClN3S. The zero-order valence-electron chi connectivity index (χ0n) is 12.7. The number of thiazole rings is 1. The number of aromatic nitrogens is 2. The van der Waals surface area contributed by atoms with Gasteiger partial charge in [-0.25, -0.2) is 4.98 Å². The molecule has 0 fully saturated rings. The number of anilines is 1. The average Bonchev–Trinajstić information content (AvgIpc) is 3.17. The molecule has 118 valence electrons. The zero-order chi connectivity index (χ0) is 16.7. The van der Waals surface area contributed by atoms with E-state index in [4.69, 9.17) is 22.3 Å². The first-order valence-corrected chi connectivity index (χ1v) is 8.67. The maximum atomic E-state index is 6.38. The number of fused-ring (bicyclic) bond motifs is 1. The van der Waals surface area contributed by atoms with E-state index in [0.29, 0.717) is 10.7 Å². The van der Waals surface area contributed by atoms with E-state index < -0.39 is 0 Å². The van der Waals surface area contributed by atoms with Gasteiger partial charge in [0, 0.05) is 22.2 Å². The van der Waals surface area contributed by atoms with Gasteiger partial charge in [-0.05, 0) is 30.3 Å². The van der Waals surface area contributed by atoms with Crippen LogP contribution in [0.25, 0.3) is 33.4 Å². The van der Waals surface area contributed by atoms with E-state index in [1.807, 2.05) is 58.4 Å². The summed E-state index contributed by atoms with van der Waals surface area (Å²) in [5.41, 5.74) is 11.9. The summed E-state index contributed by atoms with van der Waals surface area (Å²) >= 11 is 7.54. The van der Waals surface area contributed by atoms with E-state index in [9.17, 15) is 0 Å². The standard InChI is InChI=1S/C19H14ClN3S/c1-2-15-18(21)17(16-5-3-4-10-23(15)16)19-22-14(11-24-19)12-6-8-13(20)9-7-12/h2-11H,1,21H2. The summed E-state index contributed by atoms with van der Waals surface area (Å²) in [7, 11) is 0. The Morgan fingerprint density at radius 1 is 1.17 bits per heavy atom. The molecule has 24 heavy (non-hydrogen) atoms. The maximum Gasteiger partial charge on any atom is 0.128 e. The summed E-state index contributed by atoms with van der Waals surface area (Å²) < 4.78 is 2.04. The van der Waals surface area contributed by atoms with Gasteiger partial charge in [-0.15, -0.1) is 11.3 Å². The minimum absolute atomic E-state index is 0.702. The highest BCUT2D eigenvalue weighted by Gasteiger charge is 2.18. The predicted octanol–water partition coefficient (Wildman–Crippen LogP) is 5.61. The molecule has 3 nitrogen and oxygen atoms in total. The molecule has 0 atom stereocenters. The summed E-state index contributed by atoms with van der Waals surface area (Å²) in [4.78, 5) is 4.79. The molecule has 0 bridgehead atoms. The predicted molar refractivity (Wildman–Crippen MR) is 103 cm³/mol. The van der Waals surface area contributed by atoms with Gasteiger partial charge in [0.15, 0.2) is 0 Å². The maximum absolute atomic E-state index is 6.38. The van der Waals surface area contributed by atoms with Crippen molar-refractivity contribution in [1.82, 2.24) is 9.38 Å². The number of rotatable bonds is 3. The SMILES string of the molecule is C=Cc1c(N)c(-c2nc(-c3ccc(Cl)cc3)cs2)c2ccccn12. The monoisotopic (exact) mass is 351 g/mol. The number of hydrogen-bond donors (Lipinski definition) is 1. The van der Waals surface area contributed by atoms with Gasteiger partial charge < -0.3 is 10.1 Å². The molecule has 1 aromatic carbocycles. The molecule has 0 amide bonds. The summed E-state index contributed by atoms with van der Waals surface area (Å²) in [5.74, 6) is 0. The van der Waals surface area contributed by atoms with Gasteiger partial charge in [0.1, 0.15) is 5.01 Å². The number of hydrogen-bond acceptors (Lipinski definition) is 3. The molecule has 0 spiro atoms. The lowest BCUT2D eigenvalue weighted by molar-refractivity contribution is 1.18. The number of halogens is 1. The van der Waals surface area contributed by atoms with Crippen LogP contribution in [0.4, 0.5) is 5.69 Å². The summed E-state index contributed by atoms with van der Waals surface area (Å²) in [6, 6.07) is 13.7. The Morgan fingerprint density at radius 3 is 2.71 bits per heavy atom. The first-order valence-electron chi connectivity index (χ1n) is 7.42. The minimum atomic E-state index is 0.702. The fourth-order valence-electron chi connectivity index (χ4n) is 2.83. The molecule has 3 aromatic heterocycles. The number of pyridine rings is 1. The Balaban J connectivity index is 1.89. The molecule has 0 unspecified atom stereocenters. The van der Waals surface area contributed by atoms with Crippen LogP contribution in [0.2, 0.25) is 5.02 Å². The van der Waals surface area contributed by atoms with E-state index in [1.165, 1.54) is 0 Å². The molecule has 4 rings (SSSR count). The van der Waals surface area contributed by atoms with Gasteiger partial charge >= 0.3 is 0 Å². The lowest BCUT2D eigenvalue weighted by Crippen LogP contribution is -1.89. The van der Waals surface area contributed by atoms with Crippen molar-refractivity contribution in [3.63, 3.8) is 0 Å². The Morgan fingerprint density at radius 2 is 1.96 bits per heavy atom. The number of nitrogens with two attached hydrogens (primary N) is 1. The second-order valence-electron chi connectivity index (χ2n) is 5.38. The molecule has 0 radical (unpaired) electrons. The third-order valence-electron chi connectivity index (χ3n) is 3.97. The van der Waals surface area contributed by atoms with Crippen LogP contribution < -0.4 is 5.73 Å². The molecule has 3 heterocycles. The Kier molecular flexibility index (Phi) is 3.63. The van der Waals surface area contributed by atoms with Gasteiger partial charge in [0.05, 0.1) is 28.2 Å². The van der Waals surface area contributed by atoms with Gasteiger partial charge in [-0.2, -0.15) is 0 Å². The third-order valence-corrected chi connectivity index (χ3v) is 5.08. The Hall–Kier alpha value is -2.56. The van der Waals surface area contributed by atoms with E-state index >= 15 is 0 Å². The highest BCUT2D eigenvalue weighted by Crippen LogP contribution is 2.39. The van der Waals surface area contributed by atoms with Crippen molar-refractivity contribution in [3.05, 3.63) is 71.3 Å². The fraction of sp³-hybridized carbons (Fsp3) is 0. The van der Waals surface area contributed by atoms with Gasteiger partial charge in [-0.3, -0.25) is 0 Å². The molecule has 4 aromatic rings. The molecular weight excluding hydrogens is 338 g/mol. The number of nitrogen functional groups attached to an aromatic ring is 1. The van der Waals surface area contributed by atoms with Crippen molar-refractivity contribution in [2.24, 2.45) is 0 Å². The highest BCUT2D eigenvalue weighted by atomic mass is 35.5. The van der Waals surface area contributed by atoms with Crippen LogP contribution in [0, 0.1) is 0 Å². The van der Waals surface area contributed by atoms with Crippen LogP contribution in [0.1, 0.15) is 5.69 Å². The van der Waals surface area contributed by atoms with E-state index in [2.05, 4.69) is 6.58 Å². The largest absolute Gasteiger partial charge is 0.396 e. The molecule has 2 N–H and O–H groups in total. The van der Waals surface area contributed by atoms with Gasteiger partial charge in [-0.1, -0.05) is 36.4 Å². The van der Waals surface area contributed by atoms with Crippen molar-refractivity contribution >= 4 is 40.2 Å². The van der Waals surface area contributed by atoms with E-state index in [-0.39, 0.29) is 0 Å². The van der Waals surface area contributed by atoms with Crippen molar-refractivity contribution in [3.8, 4) is 21.8 Å². The van der Waals surface area contributed by atoms with Gasteiger partial charge in [0.2, 0.25) is 0 Å². The first-order chi connectivity index (χ1) is 11.7. The molecule has 5 heteroatoms. The second kappa shape index (κ2) is 5.82. The molecule has 0 saturated heterocycles. The molecule has 0 aliphatic carbocycles. The summed E-state index contributed by atoms with van der Waals surface area (Å²) in [5, 5.41) is 3.65. The fourth-order valence-corrected chi connectivity index (χ4v) is 3.85. The minimum Gasteiger partial charge on any atom is -0.396 e. The van der Waals surface area contributed by atoms with Crippen LogP contribution in [0.15, 0.2) is 60.6 Å². The summed E-state index contributed by atoms with van der Waals surface area (Å²) in [6.07, 6.45) is 3.76. The highest BCUT2D eigenvalue weighted by molar-refractivity contribution is 7.13. The van der Waals surface area contributed by atoms with Crippen molar-refractivity contribution in [2.75, 3.05) is 5.73 Å². The smallest absolute Gasteiger partial charge is 0.128 e. The topological polar surface area (TPSA) is 43.3 Å². The van der Waals surface area contributed by atoms with Crippen LogP contribution in [-0.4, -0.2) is 9.38 Å². The quantitative estimate of drug-likeness (QED) is 0.521. The molecule has 0 saturated carbocycles. The lowest BCUT2D eigenvalue weighted by Gasteiger charge is -1.98. The van der Waals surface area contributed by atoms with Crippen molar-refractivity contribution < 1.29 is 0 Å². The number of nitrogens with zero attached hydrogens (tertiary/aromatic N) is 2. The van der Waals surface area contributed by atoms with Gasteiger partial charge in [0.25, 0.3) is 0 Å². The Bertz CT molecular complexity index is 1040. The second-order valence-corrected chi connectivity index (χ2v) is 6.67. The third kappa shape index (κ3) is 2.31. The number of benzene rings is 1. The lowest BCUT2D eigenvalue weighted by atomic mass is 10.2. The molecule has 0 aliphatic rings. The van der Waals surface area contributed by atoms with Crippen LogP contribution in [0.5, 0.6) is 0 Å². The van der Waals surface area contributed by atoms with Crippen LogP contribution >= 0.6 is 22.9 Å². The average molecular weight is 352 g/mol. The normalized spacial score (nSPS) is 11.0. The first kappa shape index (κ1) is 15.0. The van der Waals surface area contributed by atoms with Crippen LogP contribution in [0.3, 0.4) is 0 Å². The van der Waals surface area contributed by atoms with Crippen LogP contribution in [-0.2, 0) is 0 Å². The Labute approximate surface area is 148 Å². The van der Waals surface area contributed by atoms with Crippen molar-refractivity contribution in [1.29, 1.82) is 0 Å². The van der Waals surface area contributed by atoms with Crippen molar-refractivity contribution in [2.45, 2.75) is 0 Å². The molecule has 0 aliphatic heterocycles. The van der Waals surface area contributed by atoms with E-state index in [0.717, 1.165) is 33.0 Å².